The van der Waals surface area contributed by atoms with Crippen LogP contribution in [0.25, 0.3) is 0 Å². The van der Waals surface area contributed by atoms with E-state index in [1.807, 2.05) is 25.1 Å². The molecule has 9 nitrogen and oxygen atoms in total. The summed E-state index contributed by atoms with van der Waals surface area (Å²) in [5.41, 5.74) is 0.965. The van der Waals surface area contributed by atoms with Gasteiger partial charge in [0.1, 0.15) is 23.1 Å². The predicted molar refractivity (Wildman–Crippen MR) is 127 cm³/mol. The number of pyridine rings is 1. The summed E-state index contributed by atoms with van der Waals surface area (Å²) in [6.07, 6.45) is 0.394. The smallest absolute Gasteiger partial charge is 0.281 e. The Kier molecular flexibility index (Phi) is 7.88. The number of rotatable bonds is 9. The van der Waals surface area contributed by atoms with Gasteiger partial charge in [0, 0.05) is 12.1 Å². The fourth-order valence-corrected chi connectivity index (χ4v) is 3.46. The molecule has 1 aromatic heterocycles. The topological polar surface area (TPSA) is 118 Å². The first kappa shape index (κ1) is 24.3. The van der Waals surface area contributed by atoms with Crippen LogP contribution in [-0.4, -0.2) is 30.5 Å². The zero-order chi connectivity index (χ0) is 24.7. The van der Waals surface area contributed by atoms with Gasteiger partial charge in [-0.1, -0.05) is 18.2 Å². The molecule has 1 N–H and O–H groups in total. The lowest BCUT2D eigenvalue weighted by Crippen LogP contribution is -2.23. The Labute approximate surface area is 197 Å². The van der Waals surface area contributed by atoms with Crippen LogP contribution in [-0.2, 0) is 13.0 Å². The molecule has 9 heteroatoms. The van der Waals surface area contributed by atoms with Crippen LogP contribution in [0.5, 0.6) is 23.1 Å². The molecule has 0 bridgehead atoms. The molecule has 0 saturated heterocycles. The summed E-state index contributed by atoms with van der Waals surface area (Å²) in [5, 5.41) is 28.6. The van der Waals surface area contributed by atoms with Gasteiger partial charge in [-0.05, 0) is 50.1 Å². The lowest BCUT2D eigenvalue weighted by Gasteiger charge is -2.14. The summed E-state index contributed by atoms with van der Waals surface area (Å²) in [4.78, 5) is 13.2. The Morgan fingerprint density at radius 1 is 1.06 bits per heavy atom. The first-order valence-corrected chi connectivity index (χ1v) is 10.7. The first-order valence-electron chi connectivity index (χ1n) is 10.7. The average Bonchev–Trinajstić information content (AvgIpc) is 2.85. The number of hydrogen-bond donors (Lipinski definition) is 1. The van der Waals surface area contributed by atoms with Gasteiger partial charge in [-0.15, -0.1) is 10.2 Å². The highest BCUT2D eigenvalue weighted by atomic mass is 16.5. The molecule has 0 fully saturated rings. The van der Waals surface area contributed by atoms with Gasteiger partial charge >= 0.3 is 0 Å². The molecular formula is C25H26N4O5. The quantitative estimate of drug-likeness (QED) is 0.456. The van der Waals surface area contributed by atoms with Crippen LogP contribution in [0.3, 0.4) is 0 Å². The van der Waals surface area contributed by atoms with Crippen LogP contribution in [0.1, 0.15) is 23.6 Å². The zero-order valence-corrected chi connectivity index (χ0v) is 19.5. The number of hydrogen-bond acceptors (Lipinski definition) is 8. The third kappa shape index (κ3) is 5.02. The van der Waals surface area contributed by atoms with Gasteiger partial charge in [-0.2, -0.15) is 5.26 Å². The normalized spacial score (nSPS) is 10.8. The third-order valence-corrected chi connectivity index (χ3v) is 5.26. The van der Waals surface area contributed by atoms with E-state index in [2.05, 4.69) is 10.2 Å². The molecule has 1 heterocycles. The van der Waals surface area contributed by atoms with Crippen molar-refractivity contribution in [2.24, 2.45) is 10.2 Å². The summed E-state index contributed by atoms with van der Waals surface area (Å²) >= 11 is 0. The summed E-state index contributed by atoms with van der Waals surface area (Å²) in [5.74, 6) is 1.27. The molecule has 0 saturated carbocycles. The number of aromatic nitrogens is 1. The van der Waals surface area contributed by atoms with E-state index >= 15 is 0 Å². The molecular weight excluding hydrogens is 436 g/mol. The van der Waals surface area contributed by atoms with Crippen molar-refractivity contribution in [2.75, 3.05) is 20.8 Å². The van der Waals surface area contributed by atoms with E-state index < -0.39 is 11.4 Å². The predicted octanol–water partition coefficient (Wildman–Crippen LogP) is 4.81. The van der Waals surface area contributed by atoms with Crippen LogP contribution in [0.4, 0.5) is 11.4 Å². The Hall–Kier alpha value is -4.32. The average molecular weight is 463 g/mol. The standard InChI is InChI=1S/C25H26N4O5/c1-5-34-20-9-7-6-8-19(20)27-28-23-16(2)18(15-26)24(30)29(25(23)31)13-12-17-10-11-21(32-3)22(14-17)33-4/h6-11,14,30H,5,12-13H2,1-4H3. The second-order valence-electron chi connectivity index (χ2n) is 7.28. The number of methoxy groups -OCH3 is 2. The van der Waals surface area contributed by atoms with Gasteiger partial charge in [-0.3, -0.25) is 9.36 Å². The summed E-state index contributed by atoms with van der Waals surface area (Å²) < 4.78 is 17.3. The highest BCUT2D eigenvalue weighted by Gasteiger charge is 2.19. The fraction of sp³-hybridized carbons (Fsp3) is 0.280. The van der Waals surface area contributed by atoms with Gasteiger partial charge in [0.15, 0.2) is 17.2 Å². The van der Waals surface area contributed by atoms with E-state index in [9.17, 15) is 15.2 Å². The maximum Gasteiger partial charge on any atom is 0.281 e. The second-order valence-corrected chi connectivity index (χ2v) is 7.28. The minimum Gasteiger partial charge on any atom is -0.493 e. The number of benzene rings is 2. The molecule has 2 aromatic carbocycles. The van der Waals surface area contributed by atoms with E-state index in [1.165, 1.54) is 7.11 Å². The Balaban J connectivity index is 1.99. The van der Waals surface area contributed by atoms with Crippen molar-refractivity contribution >= 4 is 11.4 Å². The minimum atomic E-state index is -0.549. The van der Waals surface area contributed by atoms with Crippen LogP contribution < -0.4 is 19.8 Å². The van der Waals surface area contributed by atoms with Crippen molar-refractivity contribution in [3.8, 4) is 29.2 Å². The molecule has 176 valence electrons. The molecule has 0 aliphatic carbocycles. The first-order chi connectivity index (χ1) is 16.4. The van der Waals surface area contributed by atoms with Gasteiger partial charge in [0.2, 0.25) is 5.88 Å². The summed E-state index contributed by atoms with van der Waals surface area (Å²) in [6.45, 7) is 3.98. The van der Waals surface area contributed by atoms with E-state index in [0.29, 0.717) is 36.0 Å². The van der Waals surface area contributed by atoms with Crippen LogP contribution in [0.15, 0.2) is 57.5 Å². The highest BCUT2D eigenvalue weighted by molar-refractivity contribution is 5.57. The SMILES string of the molecule is CCOc1ccccc1N=Nc1c(C)c(C#N)c(O)n(CCc2ccc(OC)c(OC)c2)c1=O. The van der Waals surface area contributed by atoms with Gasteiger partial charge in [-0.25, -0.2) is 0 Å². The lowest BCUT2D eigenvalue weighted by atomic mass is 10.1. The third-order valence-electron chi connectivity index (χ3n) is 5.26. The monoisotopic (exact) mass is 462 g/mol. The van der Waals surface area contributed by atoms with Crippen molar-refractivity contribution in [3.63, 3.8) is 0 Å². The maximum absolute atomic E-state index is 13.2. The minimum absolute atomic E-state index is 0.0204. The number of para-hydroxylation sites is 1. The largest absolute Gasteiger partial charge is 0.493 e. The molecule has 0 aliphatic rings. The Bertz CT molecular complexity index is 1310. The van der Waals surface area contributed by atoms with E-state index in [0.717, 1.165) is 10.1 Å². The lowest BCUT2D eigenvalue weighted by molar-refractivity contribution is 0.341. The molecule has 0 radical (unpaired) electrons. The van der Waals surface area contributed by atoms with Crippen molar-refractivity contribution in [3.05, 3.63) is 69.5 Å². The Morgan fingerprint density at radius 2 is 1.79 bits per heavy atom. The van der Waals surface area contributed by atoms with E-state index in [4.69, 9.17) is 14.2 Å². The fourth-order valence-electron chi connectivity index (χ4n) is 3.46. The molecule has 0 aliphatic heterocycles. The van der Waals surface area contributed by atoms with Crippen LogP contribution >= 0.6 is 0 Å². The highest BCUT2D eigenvalue weighted by Crippen LogP contribution is 2.31. The number of aryl methyl sites for hydroxylation is 1. The van der Waals surface area contributed by atoms with Gasteiger partial charge in [0.05, 0.1) is 20.8 Å². The molecule has 0 spiro atoms. The molecule has 0 amide bonds. The maximum atomic E-state index is 13.2. The number of ether oxygens (including phenoxy) is 3. The number of nitrogens with zero attached hydrogens (tertiary/aromatic N) is 4. The summed E-state index contributed by atoms with van der Waals surface area (Å²) in [6, 6.07) is 14.4. The molecule has 0 atom stereocenters. The van der Waals surface area contributed by atoms with Gasteiger partial charge in [0.25, 0.3) is 5.56 Å². The molecule has 34 heavy (non-hydrogen) atoms. The number of aromatic hydroxyl groups is 1. The zero-order valence-electron chi connectivity index (χ0n) is 19.5. The van der Waals surface area contributed by atoms with Crippen LogP contribution in [0, 0.1) is 18.3 Å². The van der Waals surface area contributed by atoms with Gasteiger partial charge < -0.3 is 19.3 Å². The number of nitriles is 1. The number of azo groups is 1. The van der Waals surface area contributed by atoms with E-state index in [-0.39, 0.29) is 23.4 Å². The second kappa shape index (κ2) is 11.0. The molecule has 0 unspecified atom stereocenters. The van der Waals surface area contributed by atoms with Crippen molar-refractivity contribution in [1.29, 1.82) is 5.26 Å². The molecule has 3 rings (SSSR count). The molecule has 3 aromatic rings. The van der Waals surface area contributed by atoms with Crippen molar-refractivity contribution in [2.45, 2.75) is 26.8 Å². The Morgan fingerprint density at radius 3 is 2.47 bits per heavy atom. The van der Waals surface area contributed by atoms with Crippen molar-refractivity contribution < 1.29 is 19.3 Å². The van der Waals surface area contributed by atoms with Crippen molar-refractivity contribution in [1.82, 2.24) is 4.57 Å². The van der Waals surface area contributed by atoms with Crippen LogP contribution in [0.2, 0.25) is 0 Å². The summed E-state index contributed by atoms with van der Waals surface area (Å²) in [7, 11) is 3.09. The van der Waals surface area contributed by atoms with E-state index in [1.54, 1.807) is 44.4 Å².